The molecule has 1 aliphatic heterocycles. The minimum Gasteiger partial charge on any atom is -0.379 e. The first kappa shape index (κ1) is 10.7. The van der Waals surface area contributed by atoms with Gasteiger partial charge in [-0.3, -0.25) is 9.30 Å². The van der Waals surface area contributed by atoms with Crippen LogP contribution >= 0.6 is 0 Å². The van der Waals surface area contributed by atoms with Crippen molar-refractivity contribution in [2.24, 2.45) is 0 Å². The Morgan fingerprint density at radius 3 is 2.94 bits per heavy atom. The first-order valence-corrected chi connectivity index (χ1v) is 6.02. The quantitative estimate of drug-likeness (QED) is 0.777. The number of morpholine rings is 1. The zero-order chi connectivity index (χ0) is 11.5. The minimum absolute atomic E-state index is 0.848. The predicted octanol–water partition coefficient (Wildman–Crippen LogP) is 0.604. The second-order valence-corrected chi connectivity index (χ2v) is 4.25. The summed E-state index contributed by atoms with van der Waals surface area (Å²) in [6.45, 7) is 4.77. The molecular weight excluding hydrogens is 216 g/mol. The molecule has 17 heavy (non-hydrogen) atoms. The topological polar surface area (TPSA) is 42.7 Å². The van der Waals surface area contributed by atoms with Gasteiger partial charge in [-0.15, -0.1) is 10.2 Å². The lowest BCUT2D eigenvalue weighted by molar-refractivity contribution is 0.0382. The van der Waals surface area contributed by atoms with Crippen LogP contribution in [0.15, 0.2) is 24.4 Å². The van der Waals surface area contributed by atoms with E-state index in [0.29, 0.717) is 0 Å². The van der Waals surface area contributed by atoms with Gasteiger partial charge >= 0.3 is 0 Å². The molecule has 0 atom stereocenters. The number of rotatable bonds is 3. The molecule has 0 unspecified atom stereocenters. The monoisotopic (exact) mass is 232 g/mol. The third-order valence-corrected chi connectivity index (χ3v) is 3.14. The molecule has 3 rings (SSSR count). The highest BCUT2D eigenvalue weighted by atomic mass is 16.5. The van der Waals surface area contributed by atoms with Crippen LogP contribution < -0.4 is 0 Å². The van der Waals surface area contributed by atoms with E-state index in [0.717, 1.165) is 50.7 Å². The molecule has 0 N–H and O–H groups in total. The number of ether oxygens (including phenoxy) is 1. The Hall–Kier alpha value is -1.46. The van der Waals surface area contributed by atoms with Crippen LogP contribution in [0.1, 0.15) is 5.82 Å². The van der Waals surface area contributed by atoms with Crippen LogP contribution in [0.2, 0.25) is 0 Å². The molecular formula is C12H16N4O. The Bertz CT molecular complexity index is 490. The van der Waals surface area contributed by atoms with Crippen molar-refractivity contribution in [2.45, 2.75) is 6.42 Å². The Labute approximate surface area is 100 Å². The third kappa shape index (κ3) is 2.30. The molecule has 1 fully saturated rings. The van der Waals surface area contributed by atoms with Gasteiger partial charge in [-0.05, 0) is 12.1 Å². The molecule has 0 aromatic carbocycles. The van der Waals surface area contributed by atoms with Crippen LogP contribution in [0.5, 0.6) is 0 Å². The SMILES string of the molecule is c1ccn2c(CCN3CCOCC3)nnc2c1. The van der Waals surface area contributed by atoms with Crippen molar-refractivity contribution < 1.29 is 4.74 Å². The summed E-state index contributed by atoms with van der Waals surface area (Å²) in [6.07, 6.45) is 2.95. The second kappa shape index (κ2) is 4.81. The summed E-state index contributed by atoms with van der Waals surface area (Å²) in [5.74, 6) is 1.03. The first-order valence-electron chi connectivity index (χ1n) is 6.02. The Balaban J connectivity index is 1.68. The molecule has 5 nitrogen and oxygen atoms in total. The normalized spacial score (nSPS) is 17.6. The van der Waals surface area contributed by atoms with Crippen molar-refractivity contribution in [3.8, 4) is 0 Å². The molecule has 2 aromatic rings. The summed E-state index contributed by atoms with van der Waals surface area (Å²) in [5, 5.41) is 8.39. The Morgan fingerprint density at radius 1 is 1.18 bits per heavy atom. The maximum atomic E-state index is 5.33. The van der Waals surface area contributed by atoms with E-state index in [2.05, 4.69) is 19.5 Å². The van der Waals surface area contributed by atoms with Crippen molar-refractivity contribution in [3.05, 3.63) is 30.2 Å². The van der Waals surface area contributed by atoms with Crippen molar-refractivity contribution >= 4 is 5.65 Å². The minimum atomic E-state index is 0.848. The van der Waals surface area contributed by atoms with Crippen LogP contribution in [0, 0.1) is 0 Å². The lowest BCUT2D eigenvalue weighted by Crippen LogP contribution is -2.37. The molecule has 0 bridgehead atoms. The molecule has 0 spiro atoms. The van der Waals surface area contributed by atoms with E-state index in [1.54, 1.807) is 0 Å². The van der Waals surface area contributed by atoms with E-state index in [-0.39, 0.29) is 0 Å². The maximum absolute atomic E-state index is 5.33. The molecule has 0 saturated carbocycles. The summed E-state index contributed by atoms with van der Waals surface area (Å²) < 4.78 is 7.39. The Kier molecular flexibility index (Phi) is 3.02. The molecule has 5 heteroatoms. The van der Waals surface area contributed by atoms with E-state index in [1.807, 2.05) is 24.4 Å². The van der Waals surface area contributed by atoms with Gasteiger partial charge in [0.15, 0.2) is 5.65 Å². The molecule has 1 aliphatic rings. The number of hydrogen-bond donors (Lipinski definition) is 0. The van der Waals surface area contributed by atoms with Gasteiger partial charge < -0.3 is 4.74 Å². The average Bonchev–Trinajstić information content (AvgIpc) is 2.81. The van der Waals surface area contributed by atoms with Gasteiger partial charge in [0.25, 0.3) is 0 Å². The smallest absolute Gasteiger partial charge is 0.160 e. The van der Waals surface area contributed by atoms with Gasteiger partial charge in [0.2, 0.25) is 0 Å². The predicted molar refractivity (Wildman–Crippen MR) is 64.0 cm³/mol. The number of hydrogen-bond acceptors (Lipinski definition) is 4. The van der Waals surface area contributed by atoms with Gasteiger partial charge in [-0.1, -0.05) is 6.07 Å². The number of nitrogens with zero attached hydrogens (tertiary/aromatic N) is 4. The van der Waals surface area contributed by atoms with Crippen LogP contribution in [-0.2, 0) is 11.2 Å². The molecule has 3 heterocycles. The zero-order valence-electron chi connectivity index (χ0n) is 9.75. The van der Waals surface area contributed by atoms with Crippen LogP contribution in [0.4, 0.5) is 0 Å². The first-order chi connectivity index (χ1) is 8.43. The number of pyridine rings is 1. The van der Waals surface area contributed by atoms with Crippen molar-refractivity contribution in [1.29, 1.82) is 0 Å². The van der Waals surface area contributed by atoms with E-state index >= 15 is 0 Å². The van der Waals surface area contributed by atoms with Gasteiger partial charge in [-0.2, -0.15) is 0 Å². The fourth-order valence-corrected chi connectivity index (χ4v) is 2.14. The fourth-order valence-electron chi connectivity index (χ4n) is 2.14. The van der Waals surface area contributed by atoms with Crippen molar-refractivity contribution in [1.82, 2.24) is 19.5 Å². The van der Waals surface area contributed by atoms with E-state index in [4.69, 9.17) is 4.74 Å². The third-order valence-electron chi connectivity index (χ3n) is 3.14. The van der Waals surface area contributed by atoms with Crippen molar-refractivity contribution in [3.63, 3.8) is 0 Å². The largest absolute Gasteiger partial charge is 0.379 e. The summed E-state index contributed by atoms with van der Waals surface area (Å²) in [4.78, 5) is 2.41. The summed E-state index contributed by atoms with van der Waals surface area (Å²) in [6, 6.07) is 5.97. The van der Waals surface area contributed by atoms with E-state index < -0.39 is 0 Å². The molecule has 90 valence electrons. The summed E-state index contributed by atoms with van der Waals surface area (Å²) in [5.41, 5.74) is 0.921. The van der Waals surface area contributed by atoms with Crippen LogP contribution in [0.25, 0.3) is 5.65 Å². The van der Waals surface area contributed by atoms with E-state index in [1.165, 1.54) is 0 Å². The highest BCUT2D eigenvalue weighted by molar-refractivity contribution is 5.36. The molecule has 0 aliphatic carbocycles. The number of aromatic nitrogens is 3. The molecule has 0 radical (unpaired) electrons. The second-order valence-electron chi connectivity index (χ2n) is 4.25. The summed E-state index contributed by atoms with van der Waals surface area (Å²) >= 11 is 0. The van der Waals surface area contributed by atoms with Gasteiger partial charge in [-0.25, -0.2) is 0 Å². The molecule has 2 aromatic heterocycles. The highest BCUT2D eigenvalue weighted by Gasteiger charge is 2.11. The number of fused-ring (bicyclic) bond motifs is 1. The van der Waals surface area contributed by atoms with Crippen LogP contribution in [-0.4, -0.2) is 52.3 Å². The van der Waals surface area contributed by atoms with Gasteiger partial charge in [0.05, 0.1) is 13.2 Å². The highest BCUT2D eigenvalue weighted by Crippen LogP contribution is 2.05. The molecule has 1 saturated heterocycles. The standard InChI is InChI=1S/C12H16N4O/c1-2-5-16-11(3-1)13-14-12(16)4-6-15-7-9-17-10-8-15/h1-3,5H,4,6-10H2. The molecule has 0 amide bonds. The van der Waals surface area contributed by atoms with Crippen molar-refractivity contribution in [2.75, 3.05) is 32.8 Å². The average molecular weight is 232 g/mol. The van der Waals surface area contributed by atoms with Gasteiger partial charge in [0, 0.05) is 32.3 Å². The lowest BCUT2D eigenvalue weighted by Gasteiger charge is -2.26. The maximum Gasteiger partial charge on any atom is 0.160 e. The van der Waals surface area contributed by atoms with E-state index in [9.17, 15) is 0 Å². The zero-order valence-corrected chi connectivity index (χ0v) is 9.75. The Morgan fingerprint density at radius 2 is 2.06 bits per heavy atom. The fraction of sp³-hybridized carbons (Fsp3) is 0.500. The van der Waals surface area contributed by atoms with Gasteiger partial charge in [0.1, 0.15) is 5.82 Å². The lowest BCUT2D eigenvalue weighted by atomic mass is 10.3. The van der Waals surface area contributed by atoms with Crippen LogP contribution in [0.3, 0.4) is 0 Å². The summed E-state index contributed by atoms with van der Waals surface area (Å²) in [7, 11) is 0.